The Balaban J connectivity index is 2.28. The highest BCUT2D eigenvalue weighted by atomic mass is 16.5. The second-order valence-corrected chi connectivity index (χ2v) is 2.51. The van der Waals surface area contributed by atoms with Gasteiger partial charge in [-0.2, -0.15) is 5.10 Å². The molecule has 1 aliphatic rings. The third-order valence-corrected chi connectivity index (χ3v) is 1.75. The fraction of sp³-hybridized carbons (Fsp3) is 0.571. The number of fused-ring (bicyclic) bond motifs is 1. The first-order chi connectivity index (χ1) is 4.97. The van der Waals surface area contributed by atoms with E-state index in [1.807, 2.05) is 16.9 Å². The maximum Gasteiger partial charge on any atom is 0.393 e. The zero-order chi connectivity index (χ0) is 6.81. The summed E-state index contributed by atoms with van der Waals surface area (Å²) >= 11 is 0. The highest BCUT2D eigenvalue weighted by Crippen LogP contribution is 2.06. The number of aromatic nitrogens is 2. The van der Waals surface area contributed by atoms with Gasteiger partial charge in [-0.3, -0.25) is 0 Å². The van der Waals surface area contributed by atoms with Crippen LogP contribution in [-0.2, 0) is 6.54 Å². The van der Waals surface area contributed by atoms with Gasteiger partial charge in [0.15, 0.2) is 6.54 Å². The summed E-state index contributed by atoms with van der Waals surface area (Å²) in [4.78, 5) is 0. The minimum Gasteiger partial charge on any atom is -0.443 e. The van der Waals surface area contributed by atoms with Gasteiger partial charge < -0.3 is 4.74 Å². The molecule has 0 radical (unpaired) electrons. The van der Waals surface area contributed by atoms with E-state index in [0.29, 0.717) is 0 Å². The van der Waals surface area contributed by atoms with Crippen LogP contribution in [0.1, 0.15) is 12.8 Å². The maximum absolute atomic E-state index is 5.42. The minimum absolute atomic E-state index is 0.859. The molecule has 0 spiro atoms. The molecular formula is C7H11N2O+. The van der Waals surface area contributed by atoms with E-state index < -0.39 is 0 Å². The normalized spacial score (nSPS) is 17.2. The monoisotopic (exact) mass is 139 g/mol. The zero-order valence-corrected chi connectivity index (χ0v) is 5.84. The molecule has 3 heteroatoms. The average molecular weight is 139 g/mol. The van der Waals surface area contributed by atoms with Crippen molar-refractivity contribution in [1.29, 1.82) is 0 Å². The molecule has 0 saturated heterocycles. The Labute approximate surface area is 59.6 Å². The highest BCUT2D eigenvalue weighted by molar-refractivity contribution is 4.97. The molecule has 0 aromatic carbocycles. The molecule has 0 saturated carbocycles. The van der Waals surface area contributed by atoms with E-state index in [9.17, 15) is 0 Å². The van der Waals surface area contributed by atoms with Crippen LogP contribution in [0.4, 0.5) is 0 Å². The van der Waals surface area contributed by atoms with Gasteiger partial charge in [-0.1, -0.05) is 4.68 Å². The van der Waals surface area contributed by atoms with Crippen molar-refractivity contribution < 1.29 is 9.42 Å². The molecule has 0 atom stereocenters. The maximum atomic E-state index is 5.42. The Morgan fingerprint density at radius 2 is 2.50 bits per heavy atom. The summed E-state index contributed by atoms with van der Waals surface area (Å²) in [5.74, 6) is 0.970. The molecule has 54 valence electrons. The first kappa shape index (κ1) is 5.77. The van der Waals surface area contributed by atoms with Crippen LogP contribution in [-0.4, -0.2) is 11.7 Å². The van der Waals surface area contributed by atoms with Crippen LogP contribution < -0.4 is 9.42 Å². The van der Waals surface area contributed by atoms with Crippen LogP contribution in [0.2, 0.25) is 0 Å². The van der Waals surface area contributed by atoms with Crippen LogP contribution in [0, 0.1) is 0 Å². The van der Waals surface area contributed by atoms with Gasteiger partial charge in [0, 0.05) is 6.42 Å². The van der Waals surface area contributed by atoms with Crippen LogP contribution in [0.15, 0.2) is 12.3 Å². The molecule has 10 heavy (non-hydrogen) atoms. The van der Waals surface area contributed by atoms with E-state index >= 15 is 0 Å². The van der Waals surface area contributed by atoms with Gasteiger partial charge in [-0.25, -0.2) is 0 Å². The number of H-pyrrole nitrogens is 1. The van der Waals surface area contributed by atoms with Crippen molar-refractivity contribution in [3.8, 4) is 5.88 Å². The molecule has 1 aromatic heterocycles. The molecule has 1 aromatic rings. The predicted molar refractivity (Wildman–Crippen MR) is 35.7 cm³/mol. The first-order valence-electron chi connectivity index (χ1n) is 3.67. The molecule has 0 unspecified atom stereocenters. The van der Waals surface area contributed by atoms with Crippen molar-refractivity contribution in [3.05, 3.63) is 12.3 Å². The number of hydrogen-bond acceptors (Lipinski definition) is 1. The molecule has 0 amide bonds. The fourth-order valence-electron chi connectivity index (χ4n) is 1.20. The summed E-state index contributed by atoms with van der Waals surface area (Å²) in [7, 11) is 0. The van der Waals surface area contributed by atoms with Crippen LogP contribution in [0.25, 0.3) is 0 Å². The van der Waals surface area contributed by atoms with Crippen LogP contribution in [0.3, 0.4) is 0 Å². The van der Waals surface area contributed by atoms with Gasteiger partial charge in [0.05, 0.1) is 18.9 Å². The lowest BCUT2D eigenvalue weighted by molar-refractivity contribution is -0.751. The summed E-state index contributed by atoms with van der Waals surface area (Å²) < 4.78 is 7.45. The van der Waals surface area contributed by atoms with E-state index in [0.717, 1.165) is 25.5 Å². The lowest BCUT2D eigenvalue weighted by atomic mass is 10.3. The number of ether oxygens (including phenoxy) is 1. The summed E-state index contributed by atoms with van der Waals surface area (Å²) in [5, 5.41) is 3.09. The van der Waals surface area contributed by atoms with E-state index in [1.165, 1.54) is 6.42 Å². The largest absolute Gasteiger partial charge is 0.443 e. The Hall–Kier alpha value is -0.990. The van der Waals surface area contributed by atoms with Gasteiger partial charge in [-0.15, -0.1) is 0 Å². The summed E-state index contributed by atoms with van der Waals surface area (Å²) in [6, 6.07) is 1.96. The summed E-state index contributed by atoms with van der Waals surface area (Å²) in [6.45, 7) is 1.92. The van der Waals surface area contributed by atoms with Crippen LogP contribution in [0.5, 0.6) is 5.88 Å². The van der Waals surface area contributed by atoms with E-state index in [-0.39, 0.29) is 0 Å². The summed E-state index contributed by atoms with van der Waals surface area (Å²) in [5.41, 5.74) is 0. The molecule has 3 nitrogen and oxygen atoms in total. The molecule has 0 bridgehead atoms. The molecule has 1 aliphatic heterocycles. The number of rotatable bonds is 0. The molecule has 0 aliphatic carbocycles. The first-order valence-corrected chi connectivity index (χ1v) is 3.67. The van der Waals surface area contributed by atoms with Crippen molar-refractivity contribution >= 4 is 0 Å². The van der Waals surface area contributed by atoms with Crippen molar-refractivity contribution in [2.24, 2.45) is 0 Å². The lowest BCUT2D eigenvalue weighted by Crippen LogP contribution is -2.35. The molecule has 2 heterocycles. The second kappa shape index (κ2) is 2.33. The van der Waals surface area contributed by atoms with Crippen molar-refractivity contribution in [3.63, 3.8) is 0 Å². The number of nitrogens with zero attached hydrogens (tertiary/aromatic N) is 1. The van der Waals surface area contributed by atoms with Crippen molar-refractivity contribution in [1.82, 2.24) is 5.10 Å². The second-order valence-electron chi connectivity index (χ2n) is 2.51. The van der Waals surface area contributed by atoms with E-state index in [2.05, 4.69) is 5.10 Å². The lowest BCUT2D eigenvalue weighted by Gasteiger charge is -1.91. The number of aryl methyl sites for hydroxylation is 1. The smallest absolute Gasteiger partial charge is 0.393 e. The van der Waals surface area contributed by atoms with Gasteiger partial charge in [0.25, 0.3) is 0 Å². The standard InChI is InChI=1S/C7H10N2O/c1-2-6-10-7-3-4-8-9(7)5-1/h3-4H,1-2,5-6H2/p+1. The third kappa shape index (κ3) is 0.875. The Morgan fingerprint density at radius 1 is 1.50 bits per heavy atom. The Bertz CT molecular complexity index is 199. The molecule has 2 rings (SSSR count). The molecule has 1 N–H and O–H groups in total. The zero-order valence-electron chi connectivity index (χ0n) is 5.84. The van der Waals surface area contributed by atoms with Crippen molar-refractivity contribution in [2.45, 2.75) is 19.4 Å². The van der Waals surface area contributed by atoms with Gasteiger partial charge in [0.2, 0.25) is 0 Å². The SMILES string of the molecule is c1cc2[n+]([nH]1)CCCCO2. The van der Waals surface area contributed by atoms with Gasteiger partial charge in [0.1, 0.15) is 0 Å². The van der Waals surface area contributed by atoms with Gasteiger partial charge in [-0.05, 0) is 6.42 Å². The topological polar surface area (TPSA) is 28.9 Å². The number of hydrogen-bond donors (Lipinski definition) is 1. The number of aromatic amines is 1. The molecular weight excluding hydrogens is 128 g/mol. The quantitative estimate of drug-likeness (QED) is 0.520. The third-order valence-electron chi connectivity index (χ3n) is 1.75. The van der Waals surface area contributed by atoms with E-state index in [4.69, 9.17) is 4.74 Å². The van der Waals surface area contributed by atoms with E-state index in [1.54, 1.807) is 0 Å². The molecule has 0 fully saturated rings. The average Bonchev–Trinajstić information content (AvgIpc) is 2.28. The Morgan fingerprint density at radius 3 is 3.50 bits per heavy atom. The van der Waals surface area contributed by atoms with Gasteiger partial charge >= 0.3 is 5.88 Å². The Kier molecular flexibility index (Phi) is 1.34. The predicted octanol–water partition coefficient (Wildman–Crippen LogP) is 0.475. The van der Waals surface area contributed by atoms with Crippen LogP contribution >= 0.6 is 0 Å². The minimum atomic E-state index is 0.859. The van der Waals surface area contributed by atoms with Crippen molar-refractivity contribution in [2.75, 3.05) is 6.61 Å². The summed E-state index contributed by atoms with van der Waals surface area (Å²) in [6.07, 6.45) is 4.27. The fourth-order valence-corrected chi connectivity index (χ4v) is 1.20. The number of nitrogens with one attached hydrogen (secondary N) is 1. The highest BCUT2D eigenvalue weighted by Gasteiger charge is 2.15.